The van der Waals surface area contributed by atoms with E-state index in [4.69, 9.17) is 4.74 Å². The number of aromatic amines is 1. The van der Waals surface area contributed by atoms with Gasteiger partial charge in [0.1, 0.15) is 5.75 Å². The van der Waals surface area contributed by atoms with Gasteiger partial charge in [0.25, 0.3) is 0 Å². The van der Waals surface area contributed by atoms with Gasteiger partial charge in [-0.15, -0.1) is 0 Å². The van der Waals surface area contributed by atoms with Gasteiger partial charge >= 0.3 is 0 Å². The number of para-hydroxylation sites is 3. The molecule has 1 saturated heterocycles. The maximum Gasteiger partial charge on any atom is 0.244 e. The summed E-state index contributed by atoms with van der Waals surface area (Å²) in [5.41, 5.74) is 3.05. The Morgan fingerprint density at radius 2 is 1.94 bits per heavy atom. The van der Waals surface area contributed by atoms with Crippen LogP contribution in [0.1, 0.15) is 12.5 Å². The highest BCUT2D eigenvalue weighted by Gasteiger charge is 2.34. The molecule has 2 N–H and O–H groups in total. The van der Waals surface area contributed by atoms with Crippen molar-refractivity contribution < 1.29 is 14.3 Å². The summed E-state index contributed by atoms with van der Waals surface area (Å²) in [4.78, 5) is 32.4. The number of hydrogen-bond acceptors (Lipinski definition) is 4. The Kier molecular flexibility index (Phi) is 6.23. The Labute approximate surface area is 182 Å². The number of nitrogens with zero attached hydrogens (tertiary/aromatic N) is 2. The molecule has 0 saturated carbocycles. The molecule has 3 aromatic rings. The third kappa shape index (κ3) is 4.41. The normalized spacial score (nSPS) is 17.2. The maximum atomic E-state index is 13.0. The van der Waals surface area contributed by atoms with E-state index in [1.54, 1.807) is 12.0 Å². The number of ether oxygens (including phenoxy) is 1. The molecular formula is C24H28N4O3. The largest absolute Gasteiger partial charge is 0.495 e. The number of methoxy groups -OCH3 is 1. The first-order valence-corrected chi connectivity index (χ1v) is 10.6. The lowest BCUT2D eigenvalue weighted by Gasteiger charge is -2.39. The van der Waals surface area contributed by atoms with Crippen molar-refractivity contribution >= 4 is 28.4 Å². The zero-order chi connectivity index (χ0) is 21.8. The van der Waals surface area contributed by atoms with Gasteiger partial charge in [0.15, 0.2) is 0 Å². The minimum Gasteiger partial charge on any atom is -0.495 e. The number of amides is 2. The highest BCUT2D eigenvalue weighted by molar-refractivity contribution is 5.99. The fraction of sp³-hybridized carbons (Fsp3) is 0.333. The minimum atomic E-state index is -0.377. The van der Waals surface area contributed by atoms with Gasteiger partial charge in [-0.1, -0.05) is 30.3 Å². The molecule has 0 spiro atoms. The molecule has 162 valence electrons. The first kappa shape index (κ1) is 20.9. The molecule has 2 heterocycles. The number of aromatic nitrogens is 1. The zero-order valence-corrected chi connectivity index (χ0v) is 17.9. The summed E-state index contributed by atoms with van der Waals surface area (Å²) in [7, 11) is 1.60. The third-order valence-electron chi connectivity index (χ3n) is 5.90. The SMILES string of the molecule is COc1ccccc1N1CCN(CC(=O)NCCc2c[nH]c3ccccc23)C(C)C1=O. The van der Waals surface area contributed by atoms with Crippen LogP contribution in [0.15, 0.2) is 54.7 Å². The van der Waals surface area contributed by atoms with Crippen LogP contribution in [0.3, 0.4) is 0 Å². The van der Waals surface area contributed by atoms with Crippen LogP contribution < -0.4 is 15.0 Å². The van der Waals surface area contributed by atoms with Gasteiger partial charge in [0, 0.05) is 36.7 Å². The van der Waals surface area contributed by atoms with Crippen molar-refractivity contribution in [2.24, 2.45) is 0 Å². The molecule has 1 aliphatic heterocycles. The number of hydrogen-bond donors (Lipinski definition) is 2. The molecule has 7 nitrogen and oxygen atoms in total. The molecule has 7 heteroatoms. The number of nitrogens with one attached hydrogen (secondary N) is 2. The molecule has 2 aromatic carbocycles. The van der Waals surface area contributed by atoms with Crippen molar-refractivity contribution in [3.63, 3.8) is 0 Å². The van der Waals surface area contributed by atoms with E-state index >= 15 is 0 Å². The molecule has 4 rings (SSSR count). The predicted octanol–water partition coefficient (Wildman–Crippen LogP) is 2.57. The van der Waals surface area contributed by atoms with Crippen LogP contribution in [-0.4, -0.2) is 61.0 Å². The van der Waals surface area contributed by atoms with Gasteiger partial charge in [0.2, 0.25) is 11.8 Å². The van der Waals surface area contributed by atoms with Crippen molar-refractivity contribution in [2.75, 3.05) is 38.2 Å². The summed E-state index contributed by atoms with van der Waals surface area (Å²) >= 11 is 0. The van der Waals surface area contributed by atoms with Gasteiger partial charge in [-0.25, -0.2) is 0 Å². The summed E-state index contributed by atoms with van der Waals surface area (Å²) in [6.07, 6.45) is 2.75. The van der Waals surface area contributed by atoms with E-state index in [0.717, 1.165) is 17.6 Å². The molecule has 0 bridgehead atoms. The van der Waals surface area contributed by atoms with Gasteiger partial charge in [0.05, 0.1) is 25.4 Å². The van der Waals surface area contributed by atoms with E-state index in [1.165, 1.54) is 10.9 Å². The van der Waals surface area contributed by atoms with E-state index in [1.807, 2.05) is 60.5 Å². The summed E-state index contributed by atoms with van der Waals surface area (Å²) in [6, 6.07) is 15.3. The highest BCUT2D eigenvalue weighted by Crippen LogP contribution is 2.30. The smallest absolute Gasteiger partial charge is 0.244 e. The summed E-state index contributed by atoms with van der Waals surface area (Å²) in [6.45, 7) is 3.76. The van der Waals surface area contributed by atoms with Crippen LogP contribution in [0.25, 0.3) is 10.9 Å². The fourth-order valence-corrected chi connectivity index (χ4v) is 4.14. The first-order chi connectivity index (χ1) is 15.1. The van der Waals surface area contributed by atoms with E-state index in [2.05, 4.69) is 16.4 Å². The monoisotopic (exact) mass is 420 g/mol. The second-order valence-electron chi connectivity index (χ2n) is 7.77. The number of anilines is 1. The molecule has 1 aromatic heterocycles. The molecule has 0 aliphatic carbocycles. The van der Waals surface area contributed by atoms with Crippen LogP contribution in [0.2, 0.25) is 0 Å². The molecule has 0 radical (unpaired) electrons. The molecule has 2 amide bonds. The molecular weight excluding hydrogens is 392 g/mol. The van der Waals surface area contributed by atoms with Crippen LogP contribution >= 0.6 is 0 Å². The number of carbonyl (C=O) groups excluding carboxylic acids is 2. The lowest BCUT2D eigenvalue weighted by molar-refractivity contribution is -0.128. The van der Waals surface area contributed by atoms with Gasteiger partial charge in [-0.3, -0.25) is 14.5 Å². The Hall–Kier alpha value is -3.32. The number of fused-ring (bicyclic) bond motifs is 1. The quantitative estimate of drug-likeness (QED) is 0.616. The van der Waals surface area contributed by atoms with Gasteiger partial charge < -0.3 is 19.9 Å². The molecule has 1 fully saturated rings. The van der Waals surface area contributed by atoms with Crippen LogP contribution in [0.5, 0.6) is 5.75 Å². The second-order valence-corrected chi connectivity index (χ2v) is 7.77. The number of carbonyl (C=O) groups is 2. The van der Waals surface area contributed by atoms with E-state index < -0.39 is 0 Å². The lowest BCUT2D eigenvalue weighted by atomic mass is 10.1. The van der Waals surface area contributed by atoms with Crippen molar-refractivity contribution in [1.29, 1.82) is 0 Å². The standard InChI is InChI=1S/C24H28N4O3/c1-17-24(30)28(21-9-5-6-10-22(21)31-2)14-13-27(17)16-23(29)25-12-11-18-15-26-20-8-4-3-7-19(18)20/h3-10,15,17,26H,11-14,16H2,1-2H3,(H,25,29). The minimum absolute atomic E-state index is 0.0256. The predicted molar refractivity (Wildman–Crippen MR) is 121 cm³/mol. The topological polar surface area (TPSA) is 77.7 Å². The van der Waals surface area contributed by atoms with Crippen LogP contribution in [0, 0.1) is 0 Å². The van der Waals surface area contributed by atoms with Gasteiger partial charge in [-0.05, 0) is 37.1 Å². The number of piperazine rings is 1. The number of benzene rings is 2. The summed E-state index contributed by atoms with van der Waals surface area (Å²) < 4.78 is 5.40. The third-order valence-corrected chi connectivity index (χ3v) is 5.90. The zero-order valence-electron chi connectivity index (χ0n) is 17.9. The average molecular weight is 421 g/mol. The Bertz CT molecular complexity index is 1080. The van der Waals surface area contributed by atoms with Crippen molar-refractivity contribution in [2.45, 2.75) is 19.4 Å². The van der Waals surface area contributed by atoms with Gasteiger partial charge in [-0.2, -0.15) is 0 Å². The second kappa shape index (κ2) is 9.22. The molecule has 1 atom stereocenters. The van der Waals surface area contributed by atoms with E-state index in [9.17, 15) is 9.59 Å². The van der Waals surface area contributed by atoms with Crippen LogP contribution in [-0.2, 0) is 16.0 Å². The van der Waals surface area contributed by atoms with E-state index in [0.29, 0.717) is 25.4 Å². The maximum absolute atomic E-state index is 13.0. The average Bonchev–Trinajstić information content (AvgIpc) is 3.20. The van der Waals surface area contributed by atoms with Crippen molar-refractivity contribution in [3.8, 4) is 5.75 Å². The van der Waals surface area contributed by atoms with Crippen LogP contribution in [0.4, 0.5) is 5.69 Å². The summed E-state index contributed by atoms with van der Waals surface area (Å²) in [5, 5.41) is 4.17. The molecule has 1 aliphatic rings. The first-order valence-electron chi connectivity index (χ1n) is 10.6. The Morgan fingerprint density at radius 3 is 2.77 bits per heavy atom. The van der Waals surface area contributed by atoms with E-state index in [-0.39, 0.29) is 24.4 Å². The molecule has 1 unspecified atom stereocenters. The number of rotatable bonds is 7. The summed E-state index contributed by atoms with van der Waals surface area (Å²) in [5.74, 6) is 0.582. The number of H-pyrrole nitrogens is 1. The van der Waals surface area contributed by atoms with Crippen molar-refractivity contribution in [3.05, 3.63) is 60.3 Å². The fourth-order valence-electron chi connectivity index (χ4n) is 4.14. The Balaban J connectivity index is 1.30. The Morgan fingerprint density at radius 1 is 1.16 bits per heavy atom. The lowest BCUT2D eigenvalue weighted by Crippen LogP contribution is -2.58. The highest BCUT2D eigenvalue weighted by atomic mass is 16.5. The van der Waals surface area contributed by atoms with Crippen molar-refractivity contribution in [1.82, 2.24) is 15.2 Å². The molecule has 31 heavy (non-hydrogen) atoms.